The second kappa shape index (κ2) is 42.3. The summed E-state index contributed by atoms with van der Waals surface area (Å²) in [6, 6.07) is 0. The molecule has 2 radical (unpaired) electrons. The molecule has 0 amide bonds. The predicted molar refractivity (Wildman–Crippen MR) is 16.2 cm³/mol. The molecule has 0 heterocycles. The maximum absolute atomic E-state index is 8.25. The Labute approximate surface area is 71.4 Å². The fourth-order valence-electron chi connectivity index (χ4n) is 0. The van der Waals surface area contributed by atoms with E-state index in [-0.39, 0.29) is 50.6 Å². The summed E-state index contributed by atoms with van der Waals surface area (Å²) >= 11 is 0. The van der Waals surface area contributed by atoms with E-state index < -0.39 is 5.09 Å². The quantitative estimate of drug-likeness (QED) is 0.307. The molecule has 0 bridgehead atoms. The Kier molecular flexibility index (Phi) is 290. The molecule has 0 spiro atoms. The van der Waals surface area contributed by atoms with Crippen LogP contribution < -0.4 is 0 Å². The van der Waals surface area contributed by atoms with Gasteiger partial charge < -0.3 is 31.8 Å². The van der Waals surface area contributed by atoms with Gasteiger partial charge in [0.2, 0.25) is 0 Å². The zero-order valence-electron chi connectivity index (χ0n) is 3.62. The van der Waals surface area contributed by atoms with E-state index in [1.54, 1.807) is 0 Å². The van der Waals surface area contributed by atoms with Gasteiger partial charge in [0.25, 0.3) is 0 Å². The SMILES string of the molecule is O=[N+]([O-])[O-].[Cu+2].[Cu+2].[OH-].[OH-].[OH-]. The minimum atomic E-state index is -1.75. The van der Waals surface area contributed by atoms with Crippen molar-refractivity contribution < 1.29 is 55.7 Å². The average molecular weight is 240 g/mol. The van der Waals surface area contributed by atoms with E-state index in [4.69, 9.17) is 15.3 Å². The van der Waals surface area contributed by atoms with Crippen LogP contribution in [0, 0.1) is 15.3 Å². The minimum absolute atomic E-state index is 0. The van der Waals surface area contributed by atoms with Gasteiger partial charge in [0.05, 0.1) is 5.09 Å². The number of nitrogens with zero attached hydrogens (tertiary/aromatic N) is 1. The molecule has 3 N–H and O–H groups in total. The molecule has 0 rings (SSSR count). The van der Waals surface area contributed by atoms with Crippen molar-refractivity contribution in [3.05, 3.63) is 15.3 Å². The Morgan fingerprint density at radius 3 is 0.889 bits per heavy atom. The molecular weight excluding hydrogens is 237 g/mol. The third kappa shape index (κ3) is 21500. The van der Waals surface area contributed by atoms with Crippen LogP contribution in [0.3, 0.4) is 0 Å². The van der Waals surface area contributed by atoms with E-state index in [1.165, 1.54) is 0 Å². The first-order chi connectivity index (χ1) is 1.73. The maximum Gasteiger partial charge on any atom is 2.00 e. The van der Waals surface area contributed by atoms with E-state index in [0.29, 0.717) is 0 Å². The number of hydrogen-bond acceptors (Lipinski definition) is 6. The average Bonchev–Trinajstić information content (AvgIpc) is 0.811. The fourth-order valence-corrected chi connectivity index (χ4v) is 0. The third-order valence-electron chi connectivity index (χ3n) is 0. The molecule has 9 heavy (non-hydrogen) atoms. The molecule has 0 aromatic rings. The van der Waals surface area contributed by atoms with Gasteiger partial charge >= 0.3 is 34.1 Å². The van der Waals surface area contributed by atoms with Crippen molar-refractivity contribution in [2.45, 2.75) is 0 Å². The second-order valence-electron chi connectivity index (χ2n) is 0.224. The van der Waals surface area contributed by atoms with Crippen molar-refractivity contribution in [1.29, 1.82) is 0 Å². The Morgan fingerprint density at radius 1 is 0.889 bits per heavy atom. The normalized spacial score (nSPS) is 2.67. The zero-order valence-corrected chi connectivity index (χ0v) is 5.50. The summed E-state index contributed by atoms with van der Waals surface area (Å²) in [5.74, 6) is 0. The van der Waals surface area contributed by atoms with Crippen molar-refractivity contribution in [3.63, 3.8) is 0 Å². The summed E-state index contributed by atoms with van der Waals surface area (Å²) in [7, 11) is 0. The van der Waals surface area contributed by atoms with Gasteiger partial charge in [-0.3, -0.25) is 0 Å². The van der Waals surface area contributed by atoms with Crippen molar-refractivity contribution >= 4 is 0 Å². The molecule has 0 aromatic heterocycles. The molecule has 7 nitrogen and oxygen atoms in total. The van der Waals surface area contributed by atoms with Crippen LogP contribution in [0.25, 0.3) is 0 Å². The summed E-state index contributed by atoms with van der Waals surface area (Å²) < 4.78 is 0. The van der Waals surface area contributed by atoms with E-state index >= 15 is 0 Å². The monoisotopic (exact) mass is 239 g/mol. The molecule has 9 heteroatoms. The largest absolute Gasteiger partial charge is 2.00 e. The van der Waals surface area contributed by atoms with E-state index in [1.807, 2.05) is 0 Å². The fraction of sp³-hybridized carbons (Fsp3) is 0. The summed E-state index contributed by atoms with van der Waals surface area (Å²) in [6.45, 7) is 0. The Hall–Kier alpha value is 0.119. The van der Waals surface area contributed by atoms with Gasteiger partial charge in [0.1, 0.15) is 0 Å². The zero-order chi connectivity index (χ0) is 3.58. The van der Waals surface area contributed by atoms with E-state index in [2.05, 4.69) is 0 Å². The van der Waals surface area contributed by atoms with Crippen LogP contribution in [-0.2, 0) is 34.1 Å². The van der Waals surface area contributed by atoms with Gasteiger partial charge in [-0.2, -0.15) is 0 Å². The Morgan fingerprint density at radius 2 is 0.889 bits per heavy atom. The predicted octanol–water partition coefficient (Wildman–Crippen LogP) is -0.774. The first kappa shape index (κ1) is 61.8. The van der Waals surface area contributed by atoms with Gasteiger partial charge in [-0.1, -0.05) is 0 Å². The molecule has 0 aliphatic rings. The smallest absolute Gasteiger partial charge is 0.870 e. The molecule has 0 aliphatic heterocycles. The Bertz CT molecular complexity index is 34.0. The van der Waals surface area contributed by atoms with Crippen molar-refractivity contribution in [1.82, 2.24) is 0 Å². The number of rotatable bonds is 0. The van der Waals surface area contributed by atoms with Gasteiger partial charge in [-0.15, -0.1) is 0 Å². The molecule has 0 atom stereocenters. The summed E-state index contributed by atoms with van der Waals surface area (Å²) in [6.07, 6.45) is 0. The first-order valence-electron chi connectivity index (χ1n) is 0.548. The van der Waals surface area contributed by atoms with Crippen LogP contribution in [0.5, 0.6) is 0 Å². The van der Waals surface area contributed by atoms with Gasteiger partial charge in [-0.25, -0.2) is 0 Å². The van der Waals surface area contributed by atoms with Crippen LogP contribution in [0.1, 0.15) is 0 Å². The van der Waals surface area contributed by atoms with Crippen LogP contribution in [-0.4, -0.2) is 21.5 Å². The molecule has 0 fully saturated rings. The van der Waals surface area contributed by atoms with Crippen molar-refractivity contribution in [2.75, 3.05) is 0 Å². The molecule has 0 aliphatic carbocycles. The third-order valence-corrected chi connectivity index (χ3v) is 0. The molecule has 0 saturated carbocycles. The molecule has 0 aromatic carbocycles. The molecule has 66 valence electrons. The summed E-state index contributed by atoms with van der Waals surface area (Å²) in [4.78, 5) is 8.25. The topological polar surface area (TPSA) is 156 Å². The van der Waals surface area contributed by atoms with E-state index in [0.717, 1.165) is 0 Å². The van der Waals surface area contributed by atoms with Crippen molar-refractivity contribution in [2.24, 2.45) is 0 Å². The minimum Gasteiger partial charge on any atom is -0.870 e. The standard InChI is InChI=1S/2Cu.NO3.3H2O/c;;2-1(3)4;;;/h;;;3*1H2/q2*+2;-1;;;/p-3. The second-order valence-corrected chi connectivity index (χ2v) is 0.224. The Balaban J connectivity index is -0.00000000450. The van der Waals surface area contributed by atoms with Crippen molar-refractivity contribution in [3.8, 4) is 0 Å². The molecule has 0 saturated heterocycles. The summed E-state index contributed by atoms with van der Waals surface area (Å²) in [5.41, 5.74) is 0. The van der Waals surface area contributed by atoms with E-state index in [9.17, 15) is 0 Å². The molecular formula is H3Cu2NO6. The van der Waals surface area contributed by atoms with Crippen LogP contribution in [0.4, 0.5) is 0 Å². The van der Waals surface area contributed by atoms with Crippen LogP contribution in [0.15, 0.2) is 0 Å². The van der Waals surface area contributed by atoms with Crippen LogP contribution in [0.2, 0.25) is 0 Å². The number of hydrogen-bond donors (Lipinski definition) is 0. The first-order valence-corrected chi connectivity index (χ1v) is 0.548. The summed E-state index contributed by atoms with van der Waals surface area (Å²) in [5, 5.41) is 14.8. The maximum atomic E-state index is 8.25. The van der Waals surface area contributed by atoms with Gasteiger partial charge in [0.15, 0.2) is 0 Å². The molecule has 0 unspecified atom stereocenters. The van der Waals surface area contributed by atoms with Gasteiger partial charge in [0, 0.05) is 0 Å². The van der Waals surface area contributed by atoms with Crippen LogP contribution >= 0.6 is 0 Å². The van der Waals surface area contributed by atoms with Gasteiger partial charge in [-0.05, 0) is 0 Å².